The van der Waals surface area contributed by atoms with Gasteiger partial charge in [-0.25, -0.2) is 0 Å². The number of rotatable bonds is 4. The van der Waals surface area contributed by atoms with Gasteiger partial charge in [-0.2, -0.15) is 0 Å². The fraction of sp³-hybridized carbons (Fsp3) is 0.320. The van der Waals surface area contributed by atoms with Crippen molar-refractivity contribution in [2.24, 2.45) is 11.8 Å². The largest absolute Gasteiger partial charge is 1.00 e. The zero-order valence-electron chi connectivity index (χ0n) is 18.3. The normalized spacial score (nSPS) is 20.3. The molecule has 0 aromatic carbocycles. The number of furan rings is 2. The van der Waals surface area contributed by atoms with Crippen LogP contribution in [0.5, 0.6) is 0 Å². The first-order chi connectivity index (χ1) is 13.4. The summed E-state index contributed by atoms with van der Waals surface area (Å²) in [6.45, 7) is 13.8. The van der Waals surface area contributed by atoms with Crippen molar-refractivity contribution in [3.63, 3.8) is 0 Å². The van der Waals surface area contributed by atoms with Crippen LogP contribution in [0.1, 0.15) is 53.1 Å². The molecule has 2 nitrogen and oxygen atoms in total. The second-order valence-corrected chi connectivity index (χ2v) is 12.6. The van der Waals surface area contributed by atoms with Gasteiger partial charge in [0.15, 0.2) is 0 Å². The summed E-state index contributed by atoms with van der Waals surface area (Å²) >= 11 is -1.92. The van der Waals surface area contributed by atoms with E-state index in [1.54, 1.807) is 24.1 Å². The molecule has 0 bridgehead atoms. The predicted octanol–water partition coefficient (Wildman–Crippen LogP) is 1.03. The minimum Gasteiger partial charge on any atom is -1.00 e. The summed E-state index contributed by atoms with van der Waals surface area (Å²) in [5.41, 5.74) is 5.38. The minimum absolute atomic E-state index is 0. The summed E-state index contributed by atoms with van der Waals surface area (Å²) in [5, 5.41) is 0. The van der Waals surface area contributed by atoms with Crippen molar-refractivity contribution in [3.8, 4) is 0 Å². The van der Waals surface area contributed by atoms with Gasteiger partial charge >= 0.3 is 174 Å². The Hall–Kier alpha value is -1.32. The summed E-state index contributed by atoms with van der Waals surface area (Å²) in [5.74, 6) is 2.91. The van der Waals surface area contributed by atoms with Gasteiger partial charge in [-0.1, -0.05) is 0 Å². The summed E-state index contributed by atoms with van der Waals surface area (Å²) < 4.78 is 16.6. The summed E-state index contributed by atoms with van der Waals surface area (Å²) in [6, 6.07) is 8.20. The summed E-state index contributed by atoms with van der Waals surface area (Å²) in [7, 11) is 0. The Kier molecular flexibility index (Phi) is 8.21. The molecule has 0 aliphatic heterocycles. The maximum Gasteiger partial charge on any atom is -1.00 e. The van der Waals surface area contributed by atoms with E-state index in [-0.39, 0.29) is 24.8 Å². The topological polar surface area (TPSA) is 26.3 Å². The summed E-state index contributed by atoms with van der Waals surface area (Å²) in [4.78, 5) is 0. The number of allylic oxidation sites excluding steroid dienone is 8. The van der Waals surface area contributed by atoms with E-state index < -0.39 is 17.4 Å². The molecule has 2 aromatic heterocycles. The molecule has 30 heavy (non-hydrogen) atoms. The molecular weight excluding hydrogens is 451 g/mol. The monoisotopic (exact) mass is 478 g/mol. The average Bonchev–Trinajstić information content (AvgIpc) is 3.38. The Bertz CT molecular complexity index is 980. The quantitative estimate of drug-likeness (QED) is 0.613. The van der Waals surface area contributed by atoms with E-state index in [1.807, 2.05) is 12.1 Å². The van der Waals surface area contributed by atoms with Crippen LogP contribution in [-0.2, 0) is 17.4 Å². The van der Waals surface area contributed by atoms with Gasteiger partial charge < -0.3 is 24.8 Å². The second-order valence-electron chi connectivity index (χ2n) is 8.18. The predicted molar refractivity (Wildman–Crippen MR) is 113 cm³/mol. The third-order valence-corrected chi connectivity index (χ3v) is 11.3. The van der Waals surface area contributed by atoms with E-state index >= 15 is 0 Å². The van der Waals surface area contributed by atoms with Crippen molar-refractivity contribution in [1.82, 2.24) is 0 Å². The molecule has 2 aliphatic carbocycles. The molecule has 2 atom stereocenters. The van der Waals surface area contributed by atoms with E-state index in [4.69, 9.17) is 8.83 Å². The van der Waals surface area contributed by atoms with Crippen molar-refractivity contribution in [1.29, 1.82) is 0 Å². The average molecular weight is 479 g/mol. The smallest absolute Gasteiger partial charge is 1.00 e. The zero-order chi connectivity index (χ0) is 20.0. The van der Waals surface area contributed by atoms with Gasteiger partial charge in [-0.3, -0.25) is 0 Å². The number of halogens is 2. The summed E-state index contributed by atoms with van der Waals surface area (Å²) in [6.07, 6.45) is 8.40. The number of hydrogen-bond acceptors (Lipinski definition) is 2. The van der Waals surface area contributed by atoms with Crippen LogP contribution in [-0.4, -0.2) is 3.81 Å². The molecule has 2 aliphatic rings. The Labute approximate surface area is 198 Å². The van der Waals surface area contributed by atoms with Crippen molar-refractivity contribution >= 4 is 15.0 Å². The van der Waals surface area contributed by atoms with Crippen LogP contribution in [0.25, 0.3) is 11.1 Å². The van der Waals surface area contributed by atoms with Gasteiger partial charge in [-0.15, -0.1) is 0 Å². The fourth-order valence-corrected chi connectivity index (χ4v) is 10.4. The number of hydrogen-bond donors (Lipinski definition) is 0. The van der Waals surface area contributed by atoms with E-state index in [0.29, 0.717) is 11.8 Å². The van der Waals surface area contributed by atoms with E-state index in [1.165, 1.54) is 22.3 Å². The molecule has 4 rings (SSSR count). The molecule has 0 fully saturated rings. The third kappa shape index (κ3) is 4.21. The molecule has 2 aromatic rings. The Morgan fingerprint density at radius 2 is 1.17 bits per heavy atom. The van der Waals surface area contributed by atoms with Crippen molar-refractivity contribution in [2.75, 3.05) is 0 Å². The van der Waals surface area contributed by atoms with E-state index in [9.17, 15) is 0 Å². The first-order valence-corrected chi connectivity index (χ1v) is 12.4. The fourth-order valence-electron chi connectivity index (χ4n) is 4.85. The molecule has 0 amide bonds. The van der Waals surface area contributed by atoms with Gasteiger partial charge in [0.2, 0.25) is 0 Å². The van der Waals surface area contributed by atoms with E-state index in [2.05, 4.69) is 65.8 Å². The molecular formula is C25H28Cl2O2Ti. The van der Waals surface area contributed by atoms with Crippen LogP contribution in [0.4, 0.5) is 0 Å². The zero-order valence-corrected chi connectivity index (χ0v) is 21.4. The van der Waals surface area contributed by atoms with Crippen LogP contribution in [0.3, 0.4) is 0 Å². The maximum absolute atomic E-state index is 5.88. The van der Waals surface area contributed by atoms with Crippen LogP contribution >= 0.6 is 0 Å². The maximum atomic E-state index is 5.88. The van der Waals surface area contributed by atoms with Crippen molar-refractivity contribution in [3.05, 3.63) is 79.4 Å². The molecule has 5 heteroatoms. The van der Waals surface area contributed by atoms with Gasteiger partial charge in [0.05, 0.1) is 0 Å². The molecule has 0 radical (unpaired) electrons. The molecule has 2 unspecified atom stereocenters. The van der Waals surface area contributed by atoms with Crippen LogP contribution in [0, 0.1) is 11.8 Å². The molecule has 2 heterocycles. The van der Waals surface area contributed by atoms with Gasteiger partial charge in [0, 0.05) is 0 Å². The first-order valence-electron chi connectivity index (χ1n) is 10.0. The Morgan fingerprint density at radius 1 is 0.767 bits per heavy atom. The van der Waals surface area contributed by atoms with Crippen molar-refractivity contribution in [2.45, 2.75) is 41.5 Å². The Balaban J connectivity index is 0.00000160. The van der Waals surface area contributed by atoms with E-state index in [0.717, 1.165) is 11.5 Å². The third-order valence-electron chi connectivity index (χ3n) is 5.81. The van der Waals surface area contributed by atoms with Crippen LogP contribution in [0.2, 0.25) is 0 Å². The Morgan fingerprint density at radius 3 is 1.47 bits per heavy atom. The van der Waals surface area contributed by atoms with Gasteiger partial charge in [0.25, 0.3) is 0 Å². The molecule has 0 N–H and O–H groups in total. The molecule has 0 saturated carbocycles. The molecule has 0 spiro atoms. The SMILES string of the molecule is CC1=CC(C)[C]([Ti+2]([C]2=C(c3ccco3)C(C)=CC2C)=[C](C)C)=C1c1ccco1.[Cl-].[Cl-]. The van der Waals surface area contributed by atoms with Crippen LogP contribution < -0.4 is 24.8 Å². The first kappa shape index (κ1) is 24.9. The van der Waals surface area contributed by atoms with Crippen LogP contribution in [0.15, 0.2) is 76.7 Å². The molecule has 158 valence electrons. The standard InChI is InChI=1S/2C11H11O.C3H6.2ClH.Ti/c2*1-8-6-9(2)10(7-8)11-4-3-5-12-11;1-3-2;;;/h2*3-6,8H,1-2H3;1-2H3;2*1H;/q;;;;;+2/p-2. The van der Waals surface area contributed by atoms with Gasteiger partial charge in [-0.05, 0) is 0 Å². The minimum atomic E-state index is -1.92. The van der Waals surface area contributed by atoms with Gasteiger partial charge in [0.1, 0.15) is 0 Å². The van der Waals surface area contributed by atoms with Crippen molar-refractivity contribution < 1.29 is 51.1 Å². The second kappa shape index (κ2) is 9.87. The molecule has 0 saturated heterocycles.